The van der Waals surface area contributed by atoms with E-state index in [1.54, 1.807) is 46.1 Å². The Bertz CT molecular complexity index is 1660. The highest BCUT2D eigenvalue weighted by molar-refractivity contribution is 5.92. The predicted octanol–water partition coefficient (Wildman–Crippen LogP) is 3.74. The van der Waals surface area contributed by atoms with Crippen LogP contribution in [0.5, 0.6) is 0 Å². The van der Waals surface area contributed by atoms with Gasteiger partial charge in [-0.05, 0) is 51.7 Å². The van der Waals surface area contributed by atoms with E-state index in [1.807, 2.05) is 54.6 Å². The van der Waals surface area contributed by atoms with E-state index in [0.29, 0.717) is 18.7 Å². The number of nitrogen functional groups attached to an aromatic ring is 1. The average Bonchev–Trinajstić information content (AvgIpc) is 3.34. The molecule has 0 spiro atoms. The van der Waals surface area contributed by atoms with Gasteiger partial charge in [-0.1, -0.05) is 66.7 Å². The molecule has 0 bridgehead atoms. The van der Waals surface area contributed by atoms with E-state index in [0.717, 1.165) is 27.5 Å². The molecule has 2 saturated heterocycles. The third kappa shape index (κ3) is 5.74. The third-order valence-corrected chi connectivity index (χ3v) is 8.25. The first-order valence-electron chi connectivity index (χ1n) is 14.2. The molecule has 4 amide bonds. The number of piperazine rings is 1. The molecule has 220 valence electrons. The van der Waals surface area contributed by atoms with Gasteiger partial charge in [-0.2, -0.15) is 5.01 Å². The molecule has 0 unspecified atom stereocenters. The smallest absolute Gasteiger partial charge is 0.332 e. The van der Waals surface area contributed by atoms with Gasteiger partial charge in [0.2, 0.25) is 11.8 Å². The van der Waals surface area contributed by atoms with Crippen LogP contribution in [0.3, 0.4) is 0 Å². The number of anilines is 1. The normalized spacial score (nSPS) is 18.7. The summed E-state index contributed by atoms with van der Waals surface area (Å²) in [5, 5.41) is 8.10. The number of carbonyl (C=O) groups is 3. The summed E-state index contributed by atoms with van der Waals surface area (Å²) in [5.41, 5.74) is 9.14. The van der Waals surface area contributed by atoms with Crippen molar-refractivity contribution in [1.82, 2.24) is 25.1 Å². The molecule has 0 aromatic heterocycles. The maximum atomic E-state index is 14.1. The van der Waals surface area contributed by atoms with Gasteiger partial charge >= 0.3 is 6.03 Å². The predicted molar refractivity (Wildman–Crippen MR) is 161 cm³/mol. The fourth-order valence-electron chi connectivity index (χ4n) is 5.97. The lowest BCUT2D eigenvalue weighted by atomic mass is 9.99. The van der Waals surface area contributed by atoms with Gasteiger partial charge in [0.25, 0.3) is 0 Å². The lowest BCUT2D eigenvalue weighted by Gasteiger charge is -2.46. The minimum absolute atomic E-state index is 0.0429. The second-order valence-electron chi connectivity index (χ2n) is 11.0. The molecule has 3 N–H and O–H groups in total. The first-order chi connectivity index (χ1) is 20.8. The summed E-state index contributed by atoms with van der Waals surface area (Å²) in [6.07, 6.45) is -0.220. The third-order valence-electron chi connectivity index (χ3n) is 8.25. The summed E-state index contributed by atoms with van der Waals surface area (Å²) >= 11 is 0. The van der Waals surface area contributed by atoms with E-state index in [2.05, 4.69) is 5.32 Å². The topological polar surface area (TPSA) is 102 Å². The van der Waals surface area contributed by atoms with Crippen molar-refractivity contribution < 1.29 is 18.8 Å². The highest BCUT2D eigenvalue weighted by Crippen LogP contribution is 2.31. The van der Waals surface area contributed by atoms with Gasteiger partial charge < -0.3 is 20.9 Å². The molecule has 2 aliphatic rings. The maximum Gasteiger partial charge on any atom is 0.332 e. The summed E-state index contributed by atoms with van der Waals surface area (Å²) in [6, 6.07) is 26.1. The molecule has 6 rings (SSSR count). The minimum atomic E-state index is -0.745. The number of urea groups is 1. The van der Waals surface area contributed by atoms with Crippen LogP contribution in [0.15, 0.2) is 91.0 Å². The van der Waals surface area contributed by atoms with Crippen LogP contribution in [0.25, 0.3) is 10.8 Å². The largest absolute Gasteiger partial charge is 0.399 e. The molecular formula is C33H33FN6O3. The molecule has 0 aliphatic carbocycles. The molecule has 4 aromatic rings. The van der Waals surface area contributed by atoms with Gasteiger partial charge in [0.1, 0.15) is 18.0 Å². The molecular weight excluding hydrogens is 547 g/mol. The number of hydrogen-bond donors (Lipinski definition) is 2. The number of nitrogens with one attached hydrogen (secondary N) is 1. The van der Waals surface area contributed by atoms with E-state index >= 15 is 0 Å². The standard InChI is InChI=1S/C33H33FN6O3/c1-37(33(43)36-18-23-9-13-26(34)14-10-23)39-21-31(41)40-29(17-22-11-15-27(35)16-12-22)32(42)38(20-30(39)40)19-25-7-4-6-24-5-2-3-8-28(24)25/h2-16,29-30H,17-21,35H2,1H3,(H,36,43)/t29-,30+/m0/s1. The quantitative estimate of drug-likeness (QED) is 0.325. The number of halogens is 1. The van der Waals surface area contributed by atoms with Crippen molar-refractivity contribution in [1.29, 1.82) is 0 Å². The molecule has 9 nitrogen and oxygen atoms in total. The Morgan fingerprint density at radius 3 is 2.42 bits per heavy atom. The van der Waals surface area contributed by atoms with Crippen LogP contribution in [0.1, 0.15) is 16.7 Å². The number of amides is 4. The lowest BCUT2D eigenvalue weighted by Crippen LogP contribution is -2.65. The first-order valence-corrected chi connectivity index (χ1v) is 14.2. The highest BCUT2D eigenvalue weighted by Gasteiger charge is 2.51. The maximum absolute atomic E-state index is 14.1. The van der Waals surface area contributed by atoms with Gasteiger partial charge in [-0.3, -0.25) is 14.6 Å². The molecule has 2 atom stereocenters. The SMILES string of the molecule is CN(C(=O)NCc1ccc(F)cc1)N1CC(=O)N2[C@@H](Cc3ccc(N)cc3)C(=O)N(Cc3cccc4ccccc34)C[C@@H]21. The van der Waals surface area contributed by atoms with Gasteiger partial charge in [0.15, 0.2) is 0 Å². The van der Waals surface area contributed by atoms with Crippen LogP contribution in [-0.2, 0) is 29.1 Å². The fraction of sp³-hybridized carbons (Fsp3) is 0.242. The summed E-state index contributed by atoms with van der Waals surface area (Å²) in [4.78, 5) is 44.2. The van der Waals surface area contributed by atoms with Gasteiger partial charge in [0.05, 0.1) is 13.1 Å². The summed E-state index contributed by atoms with van der Waals surface area (Å²) in [5.74, 6) is -0.710. The van der Waals surface area contributed by atoms with Crippen LogP contribution < -0.4 is 11.1 Å². The van der Waals surface area contributed by atoms with E-state index in [-0.39, 0.29) is 37.3 Å². The Morgan fingerprint density at radius 1 is 0.953 bits per heavy atom. The molecule has 4 aromatic carbocycles. The van der Waals surface area contributed by atoms with E-state index in [4.69, 9.17) is 5.73 Å². The van der Waals surface area contributed by atoms with Crippen LogP contribution in [-0.4, -0.2) is 70.0 Å². The van der Waals surface area contributed by atoms with Crippen LogP contribution in [0, 0.1) is 5.82 Å². The lowest BCUT2D eigenvalue weighted by molar-refractivity contribution is -0.157. The van der Waals surface area contributed by atoms with Crippen LogP contribution in [0.2, 0.25) is 0 Å². The van der Waals surface area contributed by atoms with Gasteiger partial charge in [-0.15, -0.1) is 0 Å². The number of carbonyl (C=O) groups excluding carboxylic acids is 3. The number of rotatable bonds is 7. The second-order valence-corrected chi connectivity index (χ2v) is 11.0. The molecule has 0 saturated carbocycles. The zero-order valence-corrected chi connectivity index (χ0v) is 23.8. The first kappa shape index (κ1) is 28.2. The fourth-order valence-corrected chi connectivity index (χ4v) is 5.97. The molecule has 0 radical (unpaired) electrons. The number of benzene rings is 4. The molecule has 43 heavy (non-hydrogen) atoms. The monoisotopic (exact) mass is 580 g/mol. The van der Waals surface area contributed by atoms with Crippen molar-refractivity contribution in [2.24, 2.45) is 0 Å². The number of nitrogens with zero attached hydrogens (tertiary/aromatic N) is 4. The Morgan fingerprint density at radius 2 is 1.65 bits per heavy atom. The van der Waals surface area contributed by atoms with Gasteiger partial charge in [0, 0.05) is 32.2 Å². The van der Waals surface area contributed by atoms with Crippen molar-refractivity contribution in [2.45, 2.75) is 31.7 Å². The Hall–Kier alpha value is -4.96. The zero-order chi connectivity index (χ0) is 30.1. The van der Waals surface area contributed by atoms with Crippen molar-refractivity contribution in [3.8, 4) is 0 Å². The zero-order valence-electron chi connectivity index (χ0n) is 23.8. The molecule has 2 aliphatic heterocycles. The number of hydrazine groups is 1. The van der Waals surface area contributed by atoms with Crippen molar-refractivity contribution in [2.75, 3.05) is 25.9 Å². The van der Waals surface area contributed by atoms with Crippen molar-refractivity contribution in [3.05, 3.63) is 114 Å². The summed E-state index contributed by atoms with van der Waals surface area (Å²) in [7, 11) is 1.61. The number of fused-ring (bicyclic) bond motifs is 2. The molecule has 10 heteroatoms. The average molecular weight is 581 g/mol. The summed E-state index contributed by atoms with van der Waals surface area (Å²) < 4.78 is 13.3. The molecule has 2 fully saturated rings. The van der Waals surface area contributed by atoms with Crippen molar-refractivity contribution >= 4 is 34.3 Å². The van der Waals surface area contributed by atoms with E-state index in [9.17, 15) is 18.8 Å². The van der Waals surface area contributed by atoms with Crippen LogP contribution >= 0.6 is 0 Å². The second kappa shape index (κ2) is 11.7. The molecule has 2 heterocycles. The Labute approximate surface area is 249 Å². The Kier molecular flexibility index (Phi) is 7.69. The van der Waals surface area contributed by atoms with Crippen LogP contribution in [0.4, 0.5) is 14.9 Å². The van der Waals surface area contributed by atoms with E-state index < -0.39 is 18.2 Å². The highest BCUT2D eigenvalue weighted by atomic mass is 19.1. The van der Waals surface area contributed by atoms with Crippen molar-refractivity contribution in [3.63, 3.8) is 0 Å². The number of hydrogen-bond acceptors (Lipinski definition) is 5. The van der Waals surface area contributed by atoms with E-state index in [1.165, 1.54) is 17.1 Å². The van der Waals surface area contributed by atoms with Gasteiger partial charge in [-0.25, -0.2) is 9.18 Å². The summed E-state index contributed by atoms with van der Waals surface area (Å²) in [6.45, 7) is 0.761. The number of nitrogens with two attached hydrogens (primary N) is 1. The Balaban J connectivity index is 1.27. The minimum Gasteiger partial charge on any atom is -0.399 e.